The quantitative estimate of drug-likeness (QED) is 0.520. The van der Waals surface area contributed by atoms with Crippen LogP contribution in [0.1, 0.15) is 19.8 Å². The molecule has 0 unspecified atom stereocenters. The van der Waals surface area contributed by atoms with Crippen LogP contribution in [0.5, 0.6) is 0 Å². The number of aliphatic carboxylic acids is 1. The largest absolute Gasteiger partial charge is 0.481 e. The predicted molar refractivity (Wildman–Crippen MR) is 57.2 cm³/mol. The molecule has 0 aliphatic heterocycles. The van der Waals surface area contributed by atoms with Gasteiger partial charge < -0.3 is 19.9 Å². The van der Waals surface area contributed by atoms with Crippen LogP contribution < -0.4 is 5.32 Å². The standard InChI is InChI=1S/C10H19NO5/c1-9(12)11-4-6-16-8-7-15-5-2-3-10(13)14/h2-8H2,1H3,(H,11,12)(H,13,14). The van der Waals surface area contributed by atoms with Gasteiger partial charge in [0.05, 0.1) is 19.8 Å². The molecule has 0 bridgehead atoms. The van der Waals surface area contributed by atoms with E-state index < -0.39 is 5.97 Å². The molecule has 0 fully saturated rings. The van der Waals surface area contributed by atoms with E-state index in [9.17, 15) is 9.59 Å². The molecule has 1 amide bonds. The van der Waals surface area contributed by atoms with Gasteiger partial charge in [-0.05, 0) is 6.42 Å². The van der Waals surface area contributed by atoms with E-state index in [4.69, 9.17) is 14.6 Å². The number of carbonyl (C=O) groups is 2. The summed E-state index contributed by atoms with van der Waals surface area (Å²) in [4.78, 5) is 20.6. The third kappa shape index (κ3) is 12.9. The number of hydrogen-bond donors (Lipinski definition) is 2. The smallest absolute Gasteiger partial charge is 0.303 e. The van der Waals surface area contributed by atoms with E-state index in [0.29, 0.717) is 39.4 Å². The average Bonchev–Trinajstić information content (AvgIpc) is 2.20. The van der Waals surface area contributed by atoms with Crippen molar-refractivity contribution in [3.63, 3.8) is 0 Å². The van der Waals surface area contributed by atoms with Crippen molar-refractivity contribution < 1.29 is 24.2 Å². The predicted octanol–water partition coefficient (Wildman–Crippen LogP) is 0.0205. The summed E-state index contributed by atoms with van der Waals surface area (Å²) >= 11 is 0. The first kappa shape index (κ1) is 14.9. The molecule has 0 aliphatic carbocycles. The first-order valence-corrected chi connectivity index (χ1v) is 5.24. The fourth-order valence-corrected chi connectivity index (χ4v) is 0.947. The molecule has 6 heteroatoms. The summed E-state index contributed by atoms with van der Waals surface area (Å²) < 4.78 is 10.3. The van der Waals surface area contributed by atoms with E-state index in [-0.39, 0.29) is 12.3 Å². The van der Waals surface area contributed by atoms with E-state index in [2.05, 4.69) is 5.32 Å². The van der Waals surface area contributed by atoms with Crippen molar-refractivity contribution in [1.82, 2.24) is 5.32 Å². The van der Waals surface area contributed by atoms with Gasteiger partial charge in [-0.25, -0.2) is 0 Å². The van der Waals surface area contributed by atoms with Gasteiger partial charge in [0.15, 0.2) is 0 Å². The molecule has 0 aromatic rings. The van der Waals surface area contributed by atoms with Crippen molar-refractivity contribution in [2.24, 2.45) is 0 Å². The molecular weight excluding hydrogens is 214 g/mol. The van der Waals surface area contributed by atoms with Crippen molar-refractivity contribution >= 4 is 11.9 Å². The highest BCUT2D eigenvalue weighted by Crippen LogP contribution is 1.89. The highest BCUT2D eigenvalue weighted by atomic mass is 16.5. The van der Waals surface area contributed by atoms with E-state index in [1.807, 2.05) is 0 Å². The second-order valence-corrected chi connectivity index (χ2v) is 3.20. The van der Waals surface area contributed by atoms with E-state index >= 15 is 0 Å². The summed E-state index contributed by atoms with van der Waals surface area (Å²) in [5, 5.41) is 10.9. The van der Waals surface area contributed by atoms with Crippen molar-refractivity contribution in [3.05, 3.63) is 0 Å². The fraction of sp³-hybridized carbons (Fsp3) is 0.800. The van der Waals surface area contributed by atoms with Gasteiger partial charge in [0, 0.05) is 26.5 Å². The minimum Gasteiger partial charge on any atom is -0.481 e. The van der Waals surface area contributed by atoms with Crippen molar-refractivity contribution in [1.29, 1.82) is 0 Å². The van der Waals surface area contributed by atoms with Crippen molar-refractivity contribution in [2.75, 3.05) is 33.0 Å². The average molecular weight is 233 g/mol. The van der Waals surface area contributed by atoms with Crippen LogP contribution in [0.4, 0.5) is 0 Å². The Bertz CT molecular complexity index is 185. The Balaban J connectivity index is 2.98. The molecule has 0 saturated carbocycles. The van der Waals surface area contributed by atoms with Crippen molar-refractivity contribution in [2.45, 2.75) is 19.8 Å². The zero-order valence-electron chi connectivity index (χ0n) is 9.53. The molecule has 0 spiro atoms. The van der Waals surface area contributed by atoms with Crippen LogP contribution in [0.2, 0.25) is 0 Å². The number of carbonyl (C=O) groups excluding carboxylic acids is 1. The summed E-state index contributed by atoms with van der Waals surface area (Å²) in [6, 6.07) is 0. The lowest BCUT2D eigenvalue weighted by molar-refractivity contribution is -0.137. The summed E-state index contributed by atoms with van der Waals surface area (Å²) in [7, 11) is 0. The molecule has 0 radical (unpaired) electrons. The summed E-state index contributed by atoms with van der Waals surface area (Å²) in [6.45, 7) is 3.73. The normalized spacial score (nSPS) is 10.1. The monoisotopic (exact) mass is 233 g/mol. The maximum atomic E-state index is 10.5. The van der Waals surface area contributed by atoms with Crippen LogP contribution in [-0.4, -0.2) is 50.0 Å². The molecule has 0 aromatic heterocycles. The second kappa shape index (κ2) is 10.4. The van der Waals surface area contributed by atoms with Crippen molar-refractivity contribution in [3.8, 4) is 0 Å². The zero-order valence-corrected chi connectivity index (χ0v) is 9.53. The molecular formula is C10H19NO5. The number of rotatable bonds is 10. The van der Waals surface area contributed by atoms with Gasteiger partial charge in [-0.3, -0.25) is 9.59 Å². The van der Waals surface area contributed by atoms with E-state index in [1.165, 1.54) is 6.92 Å². The molecule has 0 atom stereocenters. The highest BCUT2D eigenvalue weighted by Gasteiger charge is 1.96. The first-order chi connectivity index (χ1) is 7.63. The number of nitrogens with one attached hydrogen (secondary N) is 1. The Morgan fingerprint density at radius 3 is 2.31 bits per heavy atom. The molecule has 2 N–H and O–H groups in total. The van der Waals surface area contributed by atoms with Gasteiger partial charge >= 0.3 is 5.97 Å². The summed E-state index contributed by atoms with van der Waals surface area (Å²) in [5.41, 5.74) is 0. The van der Waals surface area contributed by atoms with Crippen LogP contribution in [0.3, 0.4) is 0 Å². The highest BCUT2D eigenvalue weighted by molar-refractivity contribution is 5.72. The molecule has 16 heavy (non-hydrogen) atoms. The SMILES string of the molecule is CC(=O)NCCOCCOCCCC(=O)O. The Labute approximate surface area is 94.9 Å². The minimum atomic E-state index is -0.810. The van der Waals surface area contributed by atoms with Gasteiger partial charge in [0.2, 0.25) is 5.91 Å². The zero-order chi connectivity index (χ0) is 12.2. The number of carboxylic acids is 1. The Morgan fingerprint density at radius 2 is 1.75 bits per heavy atom. The summed E-state index contributed by atoms with van der Waals surface area (Å²) in [5.74, 6) is -0.885. The first-order valence-electron chi connectivity index (χ1n) is 5.24. The lowest BCUT2D eigenvalue weighted by Crippen LogP contribution is -2.24. The molecule has 0 aliphatic rings. The van der Waals surface area contributed by atoms with Gasteiger partial charge in [-0.2, -0.15) is 0 Å². The van der Waals surface area contributed by atoms with Gasteiger partial charge in [0.25, 0.3) is 0 Å². The Kier molecular flexibility index (Phi) is 9.64. The van der Waals surface area contributed by atoms with Gasteiger partial charge in [0.1, 0.15) is 0 Å². The number of amides is 1. The lowest BCUT2D eigenvalue weighted by Gasteiger charge is -2.05. The van der Waals surface area contributed by atoms with Crippen LogP contribution in [0, 0.1) is 0 Å². The molecule has 6 nitrogen and oxygen atoms in total. The Morgan fingerprint density at radius 1 is 1.12 bits per heavy atom. The third-order valence-corrected chi connectivity index (χ3v) is 1.67. The topological polar surface area (TPSA) is 84.9 Å². The van der Waals surface area contributed by atoms with Crippen LogP contribution in [-0.2, 0) is 19.1 Å². The number of carboxylic acid groups (broad SMARTS) is 1. The second-order valence-electron chi connectivity index (χ2n) is 3.20. The lowest BCUT2D eigenvalue weighted by atomic mass is 10.3. The van der Waals surface area contributed by atoms with Crippen LogP contribution >= 0.6 is 0 Å². The fourth-order valence-electron chi connectivity index (χ4n) is 0.947. The van der Waals surface area contributed by atoms with E-state index in [1.54, 1.807) is 0 Å². The molecule has 0 saturated heterocycles. The van der Waals surface area contributed by atoms with E-state index in [0.717, 1.165) is 0 Å². The number of hydrogen-bond acceptors (Lipinski definition) is 4. The minimum absolute atomic E-state index is 0.0754. The molecule has 0 heterocycles. The molecule has 0 rings (SSSR count). The summed E-state index contributed by atoms with van der Waals surface area (Å²) in [6.07, 6.45) is 0.643. The van der Waals surface area contributed by atoms with Gasteiger partial charge in [-0.15, -0.1) is 0 Å². The van der Waals surface area contributed by atoms with Crippen LogP contribution in [0.15, 0.2) is 0 Å². The molecule has 0 aromatic carbocycles. The maximum Gasteiger partial charge on any atom is 0.303 e. The van der Waals surface area contributed by atoms with Crippen LogP contribution in [0.25, 0.3) is 0 Å². The Hall–Kier alpha value is -1.14. The van der Waals surface area contributed by atoms with Gasteiger partial charge in [-0.1, -0.05) is 0 Å². The third-order valence-electron chi connectivity index (χ3n) is 1.67. The maximum absolute atomic E-state index is 10.5. The molecule has 94 valence electrons. The number of ether oxygens (including phenoxy) is 2.